The summed E-state index contributed by atoms with van der Waals surface area (Å²) in [6.07, 6.45) is 0. The van der Waals surface area contributed by atoms with E-state index < -0.39 is 0 Å². The lowest BCUT2D eigenvalue weighted by atomic mass is 10.3. The Morgan fingerprint density at radius 2 is 2.17 bits per heavy atom. The Labute approximate surface area is 146 Å². The molecule has 0 radical (unpaired) electrons. The van der Waals surface area contributed by atoms with E-state index in [1.807, 2.05) is 24.0 Å². The van der Waals surface area contributed by atoms with Gasteiger partial charge in [-0.3, -0.25) is 9.69 Å². The monoisotopic (exact) mass is 355 g/mol. The minimum absolute atomic E-state index is 0. The summed E-state index contributed by atoms with van der Waals surface area (Å²) in [5.41, 5.74) is 6.07. The molecule has 0 atom stereocenters. The normalized spacial score (nSPS) is 10.3. The summed E-state index contributed by atoms with van der Waals surface area (Å²) in [5, 5.41) is 6.67. The van der Waals surface area contributed by atoms with Crippen molar-refractivity contribution in [3.63, 3.8) is 0 Å². The Bertz CT molecular complexity index is 650. The van der Waals surface area contributed by atoms with Gasteiger partial charge in [-0.1, -0.05) is 24.2 Å². The minimum Gasteiger partial charge on any atom is -0.495 e. The first-order valence-corrected chi connectivity index (χ1v) is 7.33. The van der Waals surface area contributed by atoms with Crippen LogP contribution in [0.15, 0.2) is 28.8 Å². The molecular weight excluding hydrogens is 334 g/mol. The standard InChI is InChI=1S/C15H21N5O3.ClH/c1-3-20(9-13-18-15(8-16)23-19-13)10-14(21)17-11-6-4-5-7-12(11)22-2;/h4-7H,3,8-10,16H2,1-2H3,(H,17,21);1H. The molecule has 1 heterocycles. The van der Waals surface area contributed by atoms with Crippen molar-refractivity contribution in [2.45, 2.75) is 20.0 Å². The van der Waals surface area contributed by atoms with Crippen LogP contribution in [0.2, 0.25) is 0 Å². The predicted molar refractivity (Wildman–Crippen MR) is 92.0 cm³/mol. The zero-order chi connectivity index (χ0) is 16.7. The van der Waals surface area contributed by atoms with Crippen molar-refractivity contribution in [3.05, 3.63) is 36.0 Å². The van der Waals surface area contributed by atoms with E-state index in [2.05, 4.69) is 15.5 Å². The zero-order valence-electron chi connectivity index (χ0n) is 13.7. The highest BCUT2D eigenvalue weighted by atomic mass is 35.5. The molecule has 132 valence electrons. The molecule has 0 fully saturated rings. The number of likely N-dealkylation sites (N-methyl/N-ethyl adjacent to an activating group) is 1. The van der Waals surface area contributed by atoms with E-state index in [1.54, 1.807) is 19.2 Å². The Balaban J connectivity index is 0.00000288. The van der Waals surface area contributed by atoms with Gasteiger partial charge in [-0.25, -0.2) is 0 Å². The lowest BCUT2D eigenvalue weighted by molar-refractivity contribution is -0.117. The number of rotatable bonds is 8. The fourth-order valence-electron chi connectivity index (χ4n) is 2.06. The van der Waals surface area contributed by atoms with Crippen molar-refractivity contribution < 1.29 is 14.1 Å². The second kappa shape index (κ2) is 9.86. The molecule has 8 nitrogen and oxygen atoms in total. The van der Waals surface area contributed by atoms with E-state index in [0.29, 0.717) is 36.2 Å². The molecule has 1 amide bonds. The quantitative estimate of drug-likeness (QED) is 0.737. The average molecular weight is 356 g/mol. The molecule has 24 heavy (non-hydrogen) atoms. The lowest BCUT2D eigenvalue weighted by Crippen LogP contribution is -2.33. The molecule has 0 aliphatic rings. The van der Waals surface area contributed by atoms with Gasteiger partial charge in [0.25, 0.3) is 0 Å². The molecule has 0 bridgehead atoms. The van der Waals surface area contributed by atoms with Gasteiger partial charge >= 0.3 is 0 Å². The molecule has 2 aromatic rings. The van der Waals surface area contributed by atoms with Gasteiger partial charge in [0, 0.05) is 0 Å². The molecule has 2 rings (SSSR count). The van der Waals surface area contributed by atoms with Gasteiger partial charge in [0.1, 0.15) is 5.75 Å². The summed E-state index contributed by atoms with van der Waals surface area (Å²) in [4.78, 5) is 18.2. The van der Waals surface area contributed by atoms with E-state index >= 15 is 0 Å². The second-order valence-corrected chi connectivity index (χ2v) is 4.86. The summed E-state index contributed by atoms with van der Waals surface area (Å²) in [6.45, 7) is 3.46. The third kappa shape index (κ3) is 5.48. The highest BCUT2D eigenvalue weighted by Gasteiger charge is 2.14. The molecule has 3 N–H and O–H groups in total. The van der Waals surface area contributed by atoms with Crippen LogP contribution in [0.1, 0.15) is 18.6 Å². The van der Waals surface area contributed by atoms with Gasteiger partial charge in [0.15, 0.2) is 5.82 Å². The number of carbonyl (C=O) groups excluding carboxylic acids is 1. The van der Waals surface area contributed by atoms with Crippen LogP contribution in [-0.4, -0.2) is 41.1 Å². The summed E-state index contributed by atoms with van der Waals surface area (Å²) >= 11 is 0. The van der Waals surface area contributed by atoms with Crippen LogP contribution in [0.4, 0.5) is 5.69 Å². The first kappa shape index (κ1) is 19.9. The maximum atomic E-state index is 12.2. The lowest BCUT2D eigenvalue weighted by Gasteiger charge is -2.18. The molecule has 0 aliphatic carbocycles. The number of halogens is 1. The van der Waals surface area contributed by atoms with Crippen LogP contribution < -0.4 is 15.8 Å². The fourth-order valence-corrected chi connectivity index (χ4v) is 2.06. The molecule has 0 unspecified atom stereocenters. The molecule has 0 aliphatic heterocycles. The Morgan fingerprint density at radius 3 is 2.79 bits per heavy atom. The van der Waals surface area contributed by atoms with E-state index in [1.165, 1.54) is 0 Å². The van der Waals surface area contributed by atoms with Gasteiger partial charge in [-0.2, -0.15) is 4.98 Å². The molecular formula is C15H22ClN5O3. The number of hydrogen-bond acceptors (Lipinski definition) is 7. The Kier molecular flexibility index (Phi) is 8.17. The molecule has 0 spiro atoms. The van der Waals surface area contributed by atoms with Crippen LogP contribution in [0, 0.1) is 0 Å². The number of nitrogens with two attached hydrogens (primary N) is 1. The second-order valence-electron chi connectivity index (χ2n) is 4.86. The molecule has 0 saturated carbocycles. The third-order valence-electron chi connectivity index (χ3n) is 3.25. The number of anilines is 1. The van der Waals surface area contributed by atoms with E-state index in [9.17, 15) is 4.79 Å². The van der Waals surface area contributed by atoms with E-state index in [0.717, 1.165) is 0 Å². The van der Waals surface area contributed by atoms with Crippen molar-refractivity contribution in [2.75, 3.05) is 25.5 Å². The number of ether oxygens (including phenoxy) is 1. The number of para-hydroxylation sites is 2. The molecule has 0 saturated heterocycles. The van der Waals surface area contributed by atoms with Gasteiger partial charge in [0.2, 0.25) is 11.8 Å². The van der Waals surface area contributed by atoms with Crippen molar-refractivity contribution >= 4 is 24.0 Å². The smallest absolute Gasteiger partial charge is 0.240 e. The predicted octanol–water partition coefficient (Wildman–Crippen LogP) is 1.42. The summed E-state index contributed by atoms with van der Waals surface area (Å²) in [7, 11) is 1.56. The summed E-state index contributed by atoms with van der Waals surface area (Å²) in [6, 6.07) is 7.27. The largest absolute Gasteiger partial charge is 0.495 e. The number of nitrogens with zero attached hydrogens (tertiary/aromatic N) is 3. The number of benzene rings is 1. The average Bonchev–Trinajstić information content (AvgIpc) is 3.02. The number of amides is 1. The van der Waals surface area contributed by atoms with E-state index in [4.69, 9.17) is 15.0 Å². The van der Waals surface area contributed by atoms with Crippen molar-refractivity contribution in [1.29, 1.82) is 0 Å². The van der Waals surface area contributed by atoms with Crippen LogP contribution in [0.3, 0.4) is 0 Å². The first-order valence-electron chi connectivity index (χ1n) is 7.33. The maximum absolute atomic E-state index is 12.2. The van der Waals surface area contributed by atoms with Gasteiger partial charge < -0.3 is 20.3 Å². The topological polar surface area (TPSA) is 107 Å². The SMILES string of the molecule is CCN(CC(=O)Nc1ccccc1OC)Cc1noc(CN)n1.Cl. The third-order valence-corrected chi connectivity index (χ3v) is 3.25. The molecule has 1 aromatic heterocycles. The van der Waals surface area contributed by atoms with Crippen LogP contribution in [0.25, 0.3) is 0 Å². The van der Waals surface area contributed by atoms with Gasteiger partial charge in [0.05, 0.1) is 32.4 Å². The number of nitrogens with one attached hydrogen (secondary N) is 1. The highest BCUT2D eigenvalue weighted by Crippen LogP contribution is 2.22. The number of methoxy groups -OCH3 is 1. The summed E-state index contributed by atoms with van der Waals surface area (Å²) < 4.78 is 10.2. The molecule has 9 heteroatoms. The maximum Gasteiger partial charge on any atom is 0.240 e. The van der Waals surface area contributed by atoms with E-state index in [-0.39, 0.29) is 31.4 Å². The van der Waals surface area contributed by atoms with Crippen molar-refractivity contribution in [2.24, 2.45) is 5.73 Å². The number of carbonyl (C=O) groups is 1. The van der Waals surface area contributed by atoms with Crippen molar-refractivity contribution in [3.8, 4) is 5.75 Å². The molecule has 1 aromatic carbocycles. The van der Waals surface area contributed by atoms with Crippen molar-refractivity contribution in [1.82, 2.24) is 15.0 Å². The Morgan fingerprint density at radius 1 is 1.42 bits per heavy atom. The van der Waals surface area contributed by atoms with Crippen LogP contribution >= 0.6 is 12.4 Å². The number of hydrogen-bond donors (Lipinski definition) is 2. The first-order chi connectivity index (χ1) is 11.2. The minimum atomic E-state index is -0.140. The van der Waals surface area contributed by atoms with Gasteiger partial charge in [-0.05, 0) is 18.7 Å². The Hall–Kier alpha value is -2.16. The number of aromatic nitrogens is 2. The fraction of sp³-hybridized carbons (Fsp3) is 0.400. The van der Waals surface area contributed by atoms with Gasteiger partial charge in [-0.15, -0.1) is 12.4 Å². The van der Waals surface area contributed by atoms with Crippen LogP contribution in [0.5, 0.6) is 5.75 Å². The zero-order valence-corrected chi connectivity index (χ0v) is 14.5. The summed E-state index contributed by atoms with van der Waals surface area (Å²) in [5.74, 6) is 1.38. The highest BCUT2D eigenvalue weighted by molar-refractivity contribution is 5.93. The van der Waals surface area contributed by atoms with Crippen LogP contribution in [-0.2, 0) is 17.9 Å².